The number of aliphatic hydroxyl groups is 1. The third kappa shape index (κ3) is 3.42. The maximum atomic E-state index is 12.8. The van der Waals surface area contributed by atoms with Crippen LogP contribution in [0, 0.1) is 5.82 Å². The first-order valence-corrected chi connectivity index (χ1v) is 5.48. The molecule has 0 aromatic heterocycles. The normalized spacial score (nSPS) is 10.3. The molecular formula is C12H16FNO3. The molecule has 2 N–H and O–H groups in total. The van der Waals surface area contributed by atoms with Gasteiger partial charge in [0.15, 0.2) is 0 Å². The second-order valence-electron chi connectivity index (χ2n) is 3.68. The van der Waals surface area contributed by atoms with Crippen molar-refractivity contribution in [1.82, 2.24) is 4.90 Å². The van der Waals surface area contributed by atoms with Gasteiger partial charge in [-0.15, -0.1) is 0 Å². The number of rotatable bonds is 5. The molecule has 1 amide bonds. The fourth-order valence-electron chi connectivity index (χ4n) is 1.56. The van der Waals surface area contributed by atoms with Crippen molar-refractivity contribution in [1.29, 1.82) is 0 Å². The van der Waals surface area contributed by atoms with E-state index < -0.39 is 11.7 Å². The molecule has 0 heterocycles. The predicted molar refractivity (Wildman–Crippen MR) is 61.3 cm³/mol. The van der Waals surface area contributed by atoms with Crippen molar-refractivity contribution >= 4 is 5.91 Å². The van der Waals surface area contributed by atoms with E-state index in [1.807, 2.05) is 6.92 Å². The number of carbonyl (C=O) groups excluding carboxylic acids is 1. The van der Waals surface area contributed by atoms with Gasteiger partial charge in [0.05, 0.1) is 12.2 Å². The predicted octanol–water partition coefficient (Wildman–Crippen LogP) is 1.38. The molecule has 17 heavy (non-hydrogen) atoms. The summed E-state index contributed by atoms with van der Waals surface area (Å²) in [5.41, 5.74) is 0.0494. The van der Waals surface area contributed by atoms with Crippen molar-refractivity contribution in [3.63, 3.8) is 0 Å². The molecule has 5 heteroatoms. The first-order chi connectivity index (χ1) is 8.10. The van der Waals surface area contributed by atoms with Crippen molar-refractivity contribution in [3.8, 4) is 5.75 Å². The third-order valence-corrected chi connectivity index (χ3v) is 2.34. The molecule has 0 atom stereocenters. The van der Waals surface area contributed by atoms with Gasteiger partial charge in [0.2, 0.25) is 0 Å². The van der Waals surface area contributed by atoms with Crippen LogP contribution in [0.2, 0.25) is 0 Å². The summed E-state index contributed by atoms with van der Waals surface area (Å²) in [6, 6.07) is 3.26. The minimum atomic E-state index is -0.594. The van der Waals surface area contributed by atoms with Gasteiger partial charge in [-0.1, -0.05) is 6.92 Å². The van der Waals surface area contributed by atoms with E-state index in [-0.39, 0.29) is 24.5 Å². The Morgan fingerprint density at radius 1 is 1.41 bits per heavy atom. The highest BCUT2D eigenvalue weighted by Crippen LogP contribution is 2.19. The standard InChI is InChI=1S/C12H16FNO3/c1-2-5-14(6-7-15)12(17)10-4-3-9(13)8-11(10)16/h3-4,8,15-16H,2,5-7H2,1H3. The van der Waals surface area contributed by atoms with E-state index in [1.165, 1.54) is 11.0 Å². The van der Waals surface area contributed by atoms with Crippen LogP contribution >= 0.6 is 0 Å². The minimum absolute atomic E-state index is 0.0494. The van der Waals surface area contributed by atoms with Gasteiger partial charge in [-0.3, -0.25) is 4.79 Å². The van der Waals surface area contributed by atoms with Gasteiger partial charge in [0.25, 0.3) is 5.91 Å². The molecule has 0 aliphatic rings. The van der Waals surface area contributed by atoms with Gasteiger partial charge >= 0.3 is 0 Å². The van der Waals surface area contributed by atoms with E-state index in [4.69, 9.17) is 5.11 Å². The van der Waals surface area contributed by atoms with Crippen molar-refractivity contribution in [2.75, 3.05) is 19.7 Å². The monoisotopic (exact) mass is 241 g/mol. The summed E-state index contributed by atoms with van der Waals surface area (Å²) in [5, 5.41) is 18.4. The van der Waals surface area contributed by atoms with Crippen LogP contribution in [0.1, 0.15) is 23.7 Å². The molecular weight excluding hydrogens is 225 g/mol. The van der Waals surface area contributed by atoms with E-state index in [9.17, 15) is 14.3 Å². The van der Waals surface area contributed by atoms with Gasteiger partial charge in [-0.2, -0.15) is 0 Å². The topological polar surface area (TPSA) is 60.8 Å². The maximum Gasteiger partial charge on any atom is 0.257 e. The van der Waals surface area contributed by atoms with Crippen molar-refractivity contribution in [2.24, 2.45) is 0 Å². The number of amides is 1. The third-order valence-electron chi connectivity index (χ3n) is 2.34. The maximum absolute atomic E-state index is 12.8. The fourth-order valence-corrected chi connectivity index (χ4v) is 1.56. The number of nitrogens with zero attached hydrogens (tertiary/aromatic N) is 1. The van der Waals surface area contributed by atoms with Crippen LogP contribution < -0.4 is 0 Å². The molecule has 1 aromatic carbocycles. The van der Waals surface area contributed by atoms with E-state index in [1.54, 1.807) is 0 Å². The quantitative estimate of drug-likeness (QED) is 0.818. The molecule has 1 aromatic rings. The number of halogens is 1. The average Bonchev–Trinajstić information content (AvgIpc) is 2.28. The Balaban J connectivity index is 2.92. The molecule has 0 saturated heterocycles. The van der Waals surface area contributed by atoms with Crippen molar-refractivity contribution in [3.05, 3.63) is 29.6 Å². The molecule has 0 unspecified atom stereocenters. The summed E-state index contributed by atoms with van der Waals surface area (Å²) >= 11 is 0. The van der Waals surface area contributed by atoms with Crippen molar-refractivity contribution < 1.29 is 19.4 Å². The summed E-state index contributed by atoms with van der Waals surface area (Å²) in [4.78, 5) is 13.4. The largest absolute Gasteiger partial charge is 0.507 e. The zero-order chi connectivity index (χ0) is 12.8. The Kier molecular flexibility index (Phi) is 4.90. The van der Waals surface area contributed by atoms with Crippen molar-refractivity contribution in [2.45, 2.75) is 13.3 Å². The number of aliphatic hydroxyl groups excluding tert-OH is 1. The Morgan fingerprint density at radius 3 is 2.65 bits per heavy atom. The first-order valence-electron chi connectivity index (χ1n) is 5.48. The van der Waals surface area contributed by atoms with Crippen LogP contribution in [0.25, 0.3) is 0 Å². The molecule has 0 aliphatic carbocycles. The number of phenols is 1. The lowest BCUT2D eigenvalue weighted by Crippen LogP contribution is -2.34. The summed E-state index contributed by atoms with van der Waals surface area (Å²) in [6.07, 6.45) is 0.744. The van der Waals surface area contributed by atoms with E-state index in [0.29, 0.717) is 6.54 Å². The summed E-state index contributed by atoms with van der Waals surface area (Å²) < 4.78 is 12.8. The Bertz CT molecular complexity index is 389. The first kappa shape index (κ1) is 13.4. The summed E-state index contributed by atoms with van der Waals surface area (Å²) in [5.74, 6) is -1.38. The molecule has 0 radical (unpaired) electrons. The lowest BCUT2D eigenvalue weighted by molar-refractivity contribution is 0.0719. The lowest BCUT2D eigenvalue weighted by atomic mass is 10.1. The Hall–Kier alpha value is -1.62. The summed E-state index contributed by atoms with van der Waals surface area (Å²) in [6.45, 7) is 2.44. The molecule has 0 aliphatic heterocycles. The van der Waals surface area contributed by atoms with Crippen LogP contribution in [-0.2, 0) is 0 Å². The number of hydrogen-bond donors (Lipinski definition) is 2. The fraction of sp³-hybridized carbons (Fsp3) is 0.417. The molecule has 0 spiro atoms. The number of benzene rings is 1. The summed E-state index contributed by atoms with van der Waals surface area (Å²) in [7, 11) is 0. The number of hydrogen-bond acceptors (Lipinski definition) is 3. The van der Waals surface area contributed by atoms with Crippen LogP contribution in [0.3, 0.4) is 0 Å². The average molecular weight is 241 g/mol. The zero-order valence-corrected chi connectivity index (χ0v) is 9.69. The molecule has 94 valence electrons. The highest BCUT2D eigenvalue weighted by Gasteiger charge is 2.18. The highest BCUT2D eigenvalue weighted by molar-refractivity contribution is 5.96. The molecule has 0 fully saturated rings. The van der Waals surface area contributed by atoms with Crippen LogP contribution in [-0.4, -0.2) is 40.7 Å². The molecule has 4 nitrogen and oxygen atoms in total. The van der Waals surface area contributed by atoms with Gasteiger partial charge in [0, 0.05) is 19.2 Å². The van der Waals surface area contributed by atoms with Gasteiger partial charge < -0.3 is 15.1 Å². The second kappa shape index (κ2) is 6.20. The Morgan fingerprint density at radius 2 is 2.12 bits per heavy atom. The molecule has 1 rings (SSSR count). The number of phenolic OH excluding ortho intramolecular Hbond substituents is 1. The SMILES string of the molecule is CCCN(CCO)C(=O)c1ccc(F)cc1O. The minimum Gasteiger partial charge on any atom is -0.507 e. The van der Waals surface area contributed by atoms with E-state index in [0.717, 1.165) is 18.6 Å². The molecule has 0 saturated carbocycles. The van der Waals surface area contributed by atoms with E-state index in [2.05, 4.69) is 0 Å². The number of carbonyl (C=O) groups is 1. The zero-order valence-electron chi connectivity index (χ0n) is 9.69. The van der Waals surface area contributed by atoms with Gasteiger partial charge in [-0.25, -0.2) is 4.39 Å². The van der Waals surface area contributed by atoms with Crippen LogP contribution in [0.4, 0.5) is 4.39 Å². The molecule has 0 bridgehead atoms. The van der Waals surface area contributed by atoms with Crippen LogP contribution in [0.15, 0.2) is 18.2 Å². The Labute approximate surface area is 99.3 Å². The van der Waals surface area contributed by atoms with E-state index >= 15 is 0 Å². The smallest absolute Gasteiger partial charge is 0.257 e. The van der Waals surface area contributed by atoms with Gasteiger partial charge in [-0.05, 0) is 18.6 Å². The van der Waals surface area contributed by atoms with Gasteiger partial charge in [0.1, 0.15) is 11.6 Å². The highest BCUT2D eigenvalue weighted by atomic mass is 19.1. The lowest BCUT2D eigenvalue weighted by Gasteiger charge is -2.21. The second-order valence-corrected chi connectivity index (χ2v) is 3.68. The number of aromatic hydroxyl groups is 1. The van der Waals surface area contributed by atoms with Crippen LogP contribution in [0.5, 0.6) is 5.75 Å².